The number of amides is 3. The molecule has 34 heavy (non-hydrogen) atoms. The van der Waals surface area contributed by atoms with Crippen molar-refractivity contribution in [3.05, 3.63) is 54.5 Å². The molecule has 4 N–H and O–H groups in total. The maximum Gasteiger partial charge on any atom is 0.315 e. The Morgan fingerprint density at radius 2 is 1.85 bits per heavy atom. The minimum absolute atomic E-state index is 0.0664. The summed E-state index contributed by atoms with van der Waals surface area (Å²) in [5, 5.41) is 11.3. The van der Waals surface area contributed by atoms with Crippen LogP contribution in [0.5, 0.6) is 0 Å². The fourth-order valence-electron chi connectivity index (χ4n) is 4.69. The molecule has 1 aliphatic carbocycles. The number of H-pyrrole nitrogens is 1. The van der Waals surface area contributed by atoms with Crippen LogP contribution in [0, 0.1) is 0 Å². The van der Waals surface area contributed by atoms with E-state index in [2.05, 4.69) is 56.3 Å². The second-order valence-electron chi connectivity index (χ2n) is 9.17. The molecule has 0 radical (unpaired) electrons. The molecule has 1 aliphatic rings. The van der Waals surface area contributed by atoms with Crippen molar-refractivity contribution in [1.29, 1.82) is 0 Å². The van der Waals surface area contributed by atoms with Crippen molar-refractivity contribution in [2.24, 2.45) is 0 Å². The van der Waals surface area contributed by atoms with E-state index in [9.17, 15) is 9.59 Å². The van der Waals surface area contributed by atoms with Gasteiger partial charge in [-0.15, -0.1) is 0 Å². The number of fused-ring (bicyclic) bond motifs is 1. The monoisotopic (exact) mass is 461 g/mol. The molecule has 1 aromatic heterocycles. The van der Waals surface area contributed by atoms with Crippen LogP contribution in [0.3, 0.4) is 0 Å². The Labute approximate surface area is 201 Å². The van der Waals surface area contributed by atoms with Crippen LogP contribution in [0.4, 0.5) is 4.79 Å². The van der Waals surface area contributed by atoms with Gasteiger partial charge in [-0.25, -0.2) is 9.78 Å². The molecule has 1 atom stereocenters. The van der Waals surface area contributed by atoms with Crippen LogP contribution in [0.1, 0.15) is 69.7 Å². The molecule has 0 aliphatic heterocycles. The predicted molar refractivity (Wildman–Crippen MR) is 135 cm³/mol. The van der Waals surface area contributed by atoms with Gasteiger partial charge in [-0.3, -0.25) is 4.79 Å². The Kier molecular flexibility index (Phi) is 8.17. The van der Waals surface area contributed by atoms with Crippen molar-refractivity contribution in [2.75, 3.05) is 7.05 Å². The highest BCUT2D eigenvalue weighted by Crippen LogP contribution is 2.26. The van der Waals surface area contributed by atoms with Crippen LogP contribution in [0.15, 0.2) is 48.7 Å². The molecule has 1 heterocycles. The van der Waals surface area contributed by atoms with Gasteiger partial charge in [0.1, 0.15) is 5.82 Å². The van der Waals surface area contributed by atoms with Crippen LogP contribution >= 0.6 is 0 Å². The Morgan fingerprint density at radius 3 is 2.65 bits per heavy atom. The molecule has 0 unspecified atom stereocenters. The quantitative estimate of drug-likeness (QED) is 0.312. The van der Waals surface area contributed by atoms with Crippen molar-refractivity contribution < 1.29 is 9.59 Å². The molecule has 0 spiro atoms. The second-order valence-corrected chi connectivity index (χ2v) is 9.17. The van der Waals surface area contributed by atoms with Gasteiger partial charge in [-0.1, -0.05) is 62.1 Å². The number of nitrogens with one attached hydrogen (secondary N) is 4. The summed E-state index contributed by atoms with van der Waals surface area (Å²) in [5.41, 5.74) is 2.00. The van der Waals surface area contributed by atoms with Gasteiger partial charge in [0.05, 0.1) is 17.9 Å². The van der Waals surface area contributed by atoms with Gasteiger partial charge in [-0.2, -0.15) is 0 Å². The van der Waals surface area contributed by atoms with Crippen molar-refractivity contribution in [2.45, 2.75) is 69.9 Å². The summed E-state index contributed by atoms with van der Waals surface area (Å²) in [5.74, 6) is 0.827. The number of hydrogen-bond acceptors (Lipinski definition) is 3. The maximum absolute atomic E-state index is 12.7. The van der Waals surface area contributed by atoms with Crippen molar-refractivity contribution in [1.82, 2.24) is 25.9 Å². The average molecular weight is 462 g/mol. The molecule has 0 bridgehead atoms. The average Bonchev–Trinajstić information content (AvgIpc) is 3.55. The van der Waals surface area contributed by atoms with Crippen molar-refractivity contribution >= 4 is 22.7 Å². The number of aromatic nitrogens is 2. The van der Waals surface area contributed by atoms with E-state index in [1.165, 1.54) is 23.6 Å². The summed E-state index contributed by atoms with van der Waals surface area (Å²) < 4.78 is 0. The number of urea groups is 1. The first kappa shape index (κ1) is 23.8. The third kappa shape index (κ3) is 6.37. The molecule has 1 saturated carbocycles. The number of aromatic amines is 1. The zero-order chi connectivity index (χ0) is 23.8. The molecule has 180 valence electrons. The highest BCUT2D eigenvalue weighted by atomic mass is 16.2. The lowest BCUT2D eigenvalue weighted by Gasteiger charge is -2.19. The zero-order valence-electron chi connectivity index (χ0n) is 19.9. The summed E-state index contributed by atoms with van der Waals surface area (Å²) in [6.07, 6.45) is 10.2. The lowest BCUT2D eigenvalue weighted by atomic mass is 10.1. The highest BCUT2D eigenvalue weighted by molar-refractivity contribution is 5.86. The van der Waals surface area contributed by atoms with Gasteiger partial charge in [0.2, 0.25) is 5.91 Å². The zero-order valence-corrected chi connectivity index (χ0v) is 19.9. The first-order valence-electron chi connectivity index (χ1n) is 12.4. The smallest absolute Gasteiger partial charge is 0.315 e. The first-order valence-corrected chi connectivity index (χ1v) is 12.4. The van der Waals surface area contributed by atoms with Crippen molar-refractivity contribution in [3.63, 3.8) is 0 Å². The van der Waals surface area contributed by atoms with Gasteiger partial charge in [0, 0.05) is 25.1 Å². The summed E-state index contributed by atoms with van der Waals surface area (Å²) in [6, 6.07) is 14.6. The lowest BCUT2D eigenvalue weighted by Crippen LogP contribution is -2.42. The normalized spacial score (nSPS) is 14.7. The summed E-state index contributed by atoms with van der Waals surface area (Å²) in [7, 11) is 1.66. The van der Waals surface area contributed by atoms with E-state index in [1.807, 2.05) is 18.3 Å². The van der Waals surface area contributed by atoms with E-state index in [4.69, 9.17) is 0 Å². The Hall–Kier alpha value is -3.35. The molecule has 7 nitrogen and oxygen atoms in total. The Morgan fingerprint density at radius 1 is 1.06 bits per heavy atom. The number of carbonyl (C=O) groups excluding carboxylic acids is 2. The van der Waals surface area contributed by atoms with Crippen molar-refractivity contribution in [3.8, 4) is 11.3 Å². The number of rotatable bonds is 10. The number of benzene rings is 2. The first-order chi connectivity index (χ1) is 16.6. The second kappa shape index (κ2) is 11.7. The molecule has 0 saturated heterocycles. The Balaban J connectivity index is 1.43. The third-order valence-corrected chi connectivity index (χ3v) is 6.66. The van der Waals surface area contributed by atoms with E-state index in [0.29, 0.717) is 6.42 Å². The number of hydrogen-bond donors (Lipinski definition) is 4. The SMILES string of the molecule is CNC(=O)CCCCC[C@H](NC(=O)NC1CCCC1)c1ncc(-c2ccc3ccccc3c2)[nH]1. The van der Waals surface area contributed by atoms with Crippen LogP contribution < -0.4 is 16.0 Å². The van der Waals surface area contributed by atoms with E-state index < -0.39 is 0 Å². The molecular weight excluding hydrogens is 426 g/mol. The third-order valence-electron chi connectivity index (χ3n) is 6.66. The van der Waals surface area contributed by atoms with E-state index in [-0.39, 0.29) is 24.0 Å². The summed E-state index contributed by atoms with van der Waals surface area (Å²) >= 11 is 0. The van der Waals surface area contributed by atoms with Crippen LogP contribution in [0.25, 0.3) is 22.0 Å². The van der Waals surface area contributed by atoms with Crippen LogP contribution in [0.2, 0.25) is 0 Å². The van der Waals surface area contributed by atoms with Gasteiger partial charge < -0.3 is 20.9 Å². The van der Waals surface area contributed by atoms with Gasteiger partial charge in [-0.05, 0) is 42.5 Å². The van der Waals surface area contributed by atoms with E-state index in [0.717, 1.165) is 55.6 Å². The van der Waals surface area contributed by atoms with Gasteiger partial charge in [0.25, 0.3) is 0 Å². The number of nitrogens with zero attached hydrogens (tertiary/aromatic N) is 1. The van der Waals surface area contributed by atoms with Crippen LogP contribution in [-0.2, 0) is 4.79 Å². The molecule has 2 aromatic carbocycles. The minimum Gasteiger partial charge on any atom is -0.359 e. The fourth-order valence-corrected chi connectivity index (χ4v) is 4.69. The van der Waals surface area contributed by atoms with E-state index >= 15 is 0 Å². The lowest BCUT2D eigenvalue weighted by molar-refractivity contribution is -0.120. The fraction of sp³-hybridized carbons (Fsp3) is 0.444. The molecule has 3 aromatic rings. The topological polar surface area (TPSA) is 98.9 Å². The number of imidazole rings is 1. The minimum atomic E-state index is -0.212. The largest absolute Gasteiger partial charge is 0.359 e. The summed E-state index contributed by atoms with van der Waals surface area (Å²) in [6.45, 7) is 0. The summed E-state index contributed by atoms with van der Waals surface area (Å²) in [4.78, 5) is 32.3. The molecular formula is C27H35N5O2. The highest BCUT2D eigenvalue weighted by Gasteiger charge is 2.21. The van der Waals surface area contributed by atoms with E-state index in [1.54, 1.807) is 7.05 Å². The van der Waals surface area contributed by atoms with Gasteiger partial charge >= 0.3 is 6.03 Å². The predicted octanol–water partition coefficient (Wildman–Crippen LogP) is 5.21. The standard InChI is InChI=1S/C27H35N5O2/c1-28-25(33)14-4-2-3-13-23(32-27(34)30-22-11-7-8-12-22)26-29-18-24(31-26)21-16-15-19-9-5-6-10-20(19)17-21/h5-6,9-10,15-18,22-23H,2-4,7-8,11-14H2,1H3,(H,28,33)(H,29,31)(H2,30,32,34)/t23-/m0/s1. The number of unbranched alkanes of at least 4 members (excludes halogenated alkanes) is 2. The molecule has 3 amide bonds. The van der Waals surface area contributed by atoms with Gasteiger partial charge in [0.15, 0.2) is 0 Å². The molecule has 4 rings (SSSR count). The number of carbonyl (C=O) groups is 2. The molecule has 7 heteroatoms. The molecule has 1 fully saturated rings. The maximum atomic E-state index is 12.7. The Bertz CT molecular complexity index is 1100. The van der Waals surface area contributed by atoms with Crippen LogP contribution in [-0.4, -0.2) is 35.0 Å².